The number of carbonyl (C=O) groups excluding carboxylic acids is 1. The summed E-state index contributed by atoms with van der Waals surface area (Å²) in [5, 5.41) is 4.49. The van der Waals surface area contributed by atoms with Gasteiger partial charge in [-0.3, -0.25) is 9.59 Å². The van der Waals surface area contributed by atoms with E-state index in [0.717, 1.165) is 0 Å². The molecule has 0 fully saturated rings. The number of likely N-dealkylation sites (N-methyl/N-ethyl adjacent to an activating group) is 1. The molecule has 8 nitrogen and oxygen atoms in total. The molecule has 4 rings (SSSR count). The molecule has 0 saturated carbocycles. The molecule has 152 valence electrons. The number of nitrogens with zero attached hydrogens (tertiary/aromatic N) is 4. The van der Waals surface area contributed by atoms with Gasteiger partial charge < -0.3 is 19.9 Å². The lowest BCUT2D eigenvalue weighted by Crippen LogP contribution is -2.37. The zero-order chi connectivity index (χ0) is 20.9. The molecule has 0 saturated heterocycles. The van der Waals surface area contributed by atoms with Crippen molar-refractivity contribution in [1.29, 1.82) is 0 Å². The van der Waals surface area contributed by atoms with E-state index in [1.807, 2.05) is 0 Å². The molecule has 1 aromatic carbocycles. The van der Waals surface area contributed by atoms with Crippen molar-refractivity contribution in [2.45, 2.75) is 20.0 Å². The highest BCUT2D eigenvalue weighted by atomic mass is 35.5. The number of hydrogen-bond donors (Lipinski definition) is 1. The topological polar surface area (TPSA) is 95.4 Å². The Bertz CT molecular complexity index is 1200. The van der Waals surface area contributed by atoms with Gasteiger partial charge >= 0.3 is 0 Å². The zero-order valence-electron chi connectivity index (χ0n) is 15.9. The van der Waals surface area contributed by atoms with Crippen LogP contribution in [-0.2, 0) is 13.1 Å². The summed E-state index contributed by atoms with van der Waals surface area (Å²) in [7, 11) is 1.68. The van der Waals surface area contributed by atoms with E-state index in [1.165, 1.54) is 22.9 Å². The predicted molar refractivity (Wildman–Crippen MR) is 107 cm³/mol. The predicted octanol–water partition coefficient (Wildman–Crippen LogP) is 2.11. The maximum Gasteiger partial charge on any atom is 0.278 e. The van der Waals surface area contributed by atoms with Crippen LogP contribution in [0.25, 0.3) is 10.9 Å². The standard InChI is InChI=1S/C19H19ClFN5O3/c1-3-29-17-15-13(14(22)16-19(28)24(2)6-7-25(15)16)18(27)26(23-17)9-10-4-5-12(21)11(20)8-10/h4-5,8H,3,6-7,9,22H2,1-2H3. The number of benzene rings is 1. The van der Waals surface area contributed by atoms with Crippen molar-refractivity contribution in [3.63, 3.8) is 0 Å². The SMILES string of the molecule is CCOc1nn(Cc2ccc(F)c(Cl)c2)c(=O)c2c(N)c3n(c12)CCN(C)C3=O. The minimum absolute atomic E-state index is 0.0443. The van der Waals surface area contributed by atoms with Gasteiger partial charge in [0.15, 0.2) is 0 Å². The normalized spacial score (nSPS) is 13.8. The minimum atomic E-state index is -0.548. The molecular weight excluding hydrogens is 401 g/mol. The Balaban J connectivity index is 1.95. The van der Waals surface area contributed by atoms with Gasteiger partial charge in [-0.1, -0.05) is 17.7 Å². The monoisotopic (exact) mass is 419 g/mol. The van der Waals surface area contributed by atoms with E-state index in [9.17, 15) is 14.0 Å². The van der Waals surface area contributed by atoms with Crippen molar-refractivity contribution < 1.29 is 13.9 Å². The fourth-order valence-corrected chi connectivity index (χ4v) is 3.75. The Morgan fingerprint density at radius 1 is 1.31 bits per heavy atom. The number of nitrogens with two attached hydrogens (primary N) is 1. The average molecular weight is 420 g/mol. The number of amides is 1. The third kappa shape index (κ3) is 3.02. The Labute approximate surface area is 170 Å². The summed E-state index contributed by atoms with van der Waals surface area (Å²) in [5.41, 5.74) is 7.16. The molecule has 0 radical (unpaired) electrons. The highest BCUT2D eigenvalue weighted by Gasteiger charge is 2.32. The molecule has 1 aliphatic heterocycles. The first-order valence-electron chi connectivity index (χ1n) is 9.08. The number of aromatic nitrogens is 3. The minimum Gasteiger partial charge on any atom is -0.475 e. The van der Waals surface area contributed by atoms with Crippen LogP contribution in [0.5, 0.6) is 5.88 Å². The van der Waals surface area contributed by atoms with Crippen LogP contribution in [0.2, 0.25) is 5.02 Å². The van der Waals surface area contributed by atoms with Gasteiger partial charge in [0.25, 0.3) is 17.3 Å². The summed E-state index contributed by atoms with van der Waals surface area (Å²) in [6.45, 7) is 3.12. The molecule has 10 heteroatoms. The van der Waals surface area contributed by atoms with Crippen molar-refractivity contribution in [3.8, 4) is 5.88 Å². The third-order valence-corrected chi connectivity index (χ3v) is 5.26. The van der Waals surface area contributed by atoms with E-state index < -0.39 is 11.4 Å². The first kappa shape index (κ1) is 19.3. The molecule has 3 heterocycles. The molecule has 2 aromatic heterocycles. The van der Waals surface area contributed by atoms with Gasteiger partial charge in [0.1, 0.15) is 17.0 Å². The third-order valence-electron chi connectivity index (χ3n) is 4.97. The summed E-state index contributed by atoms with van der Waals surface area (Å²) in [5.74, 6) is -0.595. The number of halogens is 2. The number of anilines is 1. The summed E-state index contributed by atoms with van der Waals surface area (Å²) in [6, 6.07) is 4.18. The Hall–Kier alpha value is -3.07. The quantitative estimate of drug-likeness (QED) is 0.698. The number of rotatable bonds is 4. The van der Waals surface area contributed by atoms with Crippen LogP contribution in [-0.4, -0.2) is 45.4 Å². The van der Waals surface area contributed by atoms with Crippen molar-refractivity contribution in [2.75, 3.05) is 25.9 Å². The smallest absolute Gasteiger partial charge is 0.278 e. The maximum absolute atomic E-state index is 13.5. The molecule has 2 N–H and O–H groups in total. The Morgan fingerprint density at radius 3 is 2.76 bits per heavy atom. The van der Waals surface area contributed by atoms with Crippen LogP contribution in [0.4, 0.5) is 10.1 Å². The van der Waals surface area contributed by atoms with E-state index in [-0.39, 0.29) is 40.1 Å². The van der Waals surface area contributed by atoms with Gasteiger partial charge in [-0.2, -0.15) is 0 Å². The molecular formula is C19H19ClFN5O3. The van der Waals surface area contributed by atoms with E-state index in [0.29, 0.717) is 30.8 Å². The first-order chi connectivity index (χ1) is 13.8. The number of carbonyl (C=O) groups is 1. The molecule has 0 bridgehead atoms. The largest absolute Gasteiger partial charge is 0.475 e. The summed E-state index contributed by atoms with van der Waals surface area (Å²) in [6.07, 6.45) is 0. The van der Waals surface area contributed by atoms with Crippen molar-refractivity contribution >= 4 is 34.1 Å². The highest BCUT2D eigenvalue weighted by molar-refractivity contribution is 6.30. The van der Waals surface area contributed by atoms with Gasteiger partial charge in [-0.15, -0.1) is 5.10 Å². The number of hydrogen-bond acceptors (Lipinski definition) is 5. The van der Waals surface area contributed by atoms with E-state index in [4.69, 9.17) is 22.1 Å². The van der Waals surface area contributed by atoms with Crippen LogP contribution in [0.3, 0.4) is 0 Å². The molecule has 3 aromatic rings. The molecule has 0 unspecified atom stereocenters. The fraction of sp³-hybridized carbons (Fsp3) is 0.316. The van der Waals surface area contributed by atoms with Crippen molar-refractivity contribution in [1.82, 2.24) is 19.2 Å². The summed E-state index contributed by atoms with van der Waals surface area (Å²) < 4.78 is 22.0. The van der Waals surface area contributed by atoms with Crippen LogP contribution >= 0.6 is 11.6 Å². The molecule has 1 aliphatic rings. The van der Waals surface area contributed by atoms with E-state index in [1.54, 1.807) is 23.4 Å². The molecule has 29 heavy (non-hydrogen) atoms. The lowest BCUT2D eigenvalue weighted by Gasteiger charge is -2.25. The summed E-state index contributed by atoms with van der Waals surface area (Å²) >= 11 is 5.85. The van der Waals surface area contributed by atoms with Crippen LogP contribution in [0.1, 0.15) is 23.0 Å². The van der Waals surface area contributed by atoms with E-state index >= 15 is 0 Å². The number of fused-ring (bicyclic) bond motifs is 3. The van der Waals surface area contributed by atoms with Crippen LogP contribution in [0.15, 0.2) is 23.0 Å². The zero-order valence-corrected chi connectivity index (χ0v) is 16.7. The van der Waals surface area contributed by atoms with Crippen molar-refractivity contribution in [2.24, 2.45) is 0 Å². The maximum atomic E-state index is 13.5. The van der Waals surface area contributed by atoms with Gasteiger partial charge in [0.05, 0.1) is 29.2 Å². The lowest BCUT2D eigenvalue weighted by atomic mass is 10.2. The second-order valence-corrected chi connectivity index (χ2v) is 7.22. The second-order valence-electron chi connectivity index (χ2n) is 6.81. The van der Waals surface area contributed by atoms with E-state index in [2.05, 4.69) is 5.10 Å². The molecule has 0 aliphatic carbocycles. The summed E-state index contributed by atoms with van der Waals surface area (Å²) in [4.78, 5) is 27.4. The first-order valence-corrected chi connectivity index (χ1v) is 9.46. The molecule has 0 spiro atoms. The van der Waals surface area contributed by atoms with Gasteiger partial charge in [0, 0.05) is 20.1 Å². The average Bonchev–Trinajstić information content (AvgIpc) is 2.99. The second kappa shape index (κ2) is 7.07. The number of nitrogen functional groups attached to an aromatic ring is 1. The van der Waals surface area contributed by atoms with Gasteiger partial charge in [-0.25, -0.2) is 9.07 Å². The lowest BCUT2D eigenvalue weighted by molar-refractivity contribution is 0.0752. The Kier molecular flexibility index (Phi) is 4.70. The Morgan fingerprint density at radius 2 is 2.07 bits per heavy atom. The number of ether oxygens (including phenoxy) is 1. The fourth-order valence-electron chi connectivity index (χ4n) is 3.55. The molecule has 0 atom stereocenters. The molecule has 1 amide bonds. The van der Waals surface area contributed by atoms with Gasteiger partial charge in [-0.05, 0) is 24.6 Å². The van der Waals surface area contributed by atoms with Crippen LogP contribution < -0.4 is 16.0 Å². The van der Waals surface area contributed by atoms with Gasteiger partial charge in [0.2, 0.25) is 0 Å². The van der Waals surface area contributed by atoms with Crippen LogP contribution in [0, 0.1) is 5.82 Å². The van der Waals surface area contributed by atoms with Crippen molar-refractivity contribution in [3.05, 3.63) is 50.7 Å². The highest BCUT2D eigenvalue weighted by Crippen LogP contribution is 2.33.